The van der Waals surface area contributed by atoms with Crippen LogP contribution in [0.1, 0.15) is 23.7 Å². The van der Waals surface area contributed by atoms with Crippen LogP contribution in [0.15, 0.2) is 24.3 Å². The molecule has 1 nitrogen and oxygen atoms in total. The van der Waals surface area contributed by atoms with Crippen LogP contribution < -0.4 is 0 Å². The van der Waals surface area contributed by atoms with E-state index in [4.69, 9.17) is 0 Å². The summed E-state index contributed by atoms with van der Waals surface area (Å²) in [5.74, 6) is 0. The lowest BCUT2D eigenvalue weighted by atomic mass is 10.1. The first-order chi connectivity index (χ1) is 5.24. The Morgan fingerprint density at radius 3 is 2.36 bits per heavy atom. The zero-order valence-corrected chi connectivity index (χ0v) is 6.75. The lowest BCUT2D eigenvalue weighted by Gasteiger charge is -2.06. The van der Waals surface area contributed by atoms with Crippen LogP contribution in [-0.2, 0) is 0 Å². The predicted molar refractivity (Wildman–Crippen MR) is 46.1 cm³/mol. The SMILES string of the molecule is [CH2]CC(O)c1ccc(C)cc1. The highest BCUT2D eigenvalue weighted by atomic mass is 16.3. The summed E-state index contributed by atoms with van der Waals surface area (Å²) >= 11 is 0. The van der Waals surface area contributed by atoms with E-state index in [-0.39, 0.29) is 0 Å². The molecule has 1 aromatic carbocycles. The highest BCUT2D eigenvalue weighted by molar-refractivity contribution is 5.22. The quantitative estimate of drug-likeness (QED) is 0.683. The summed E-state index contributed by atoms with van der Waals surface area (Å²) in [6.07, 6.45) is 0.124. The number of hydrogen-bond donors (Lipinski definition) is 1. The van der Waals surface area contributed by atoms with Gasteiger partial charge in [0.2, 0.25) is 0 Å². The van der Waals surface area contributed by atoms with Gasteiger partial charge in [-0.05, 0) is 18.9 Å². The van der Waals surface area contributed by atoms with Crippen molar-refractivity contribution in [2.24, 2.45) is 0 Å². The third kappa shape index (κ3) is 2.05. The lowest BCUT2D eigenvalue weighted by molar-refractivity contribution is 0.181. The standard InChI is InChI=1S/C10H13O/c1-3-10(11)9-6-4-8(2)5-7-9/h4-7,10-11H,1,3H2,2H3. The molecule has 1 heteroatoms. The molecular weight excluding hydrogens is 136 g/mol. The Morgan fingerprint density at radius 1 is 1.36 bits per heavy atom. The van der Waals surface area contributed by atoms with E-state index < -0.39 is 6.10 Å². The van der Waals surface area contributed by atoms with E-state index in [0.29, 0.717) is 6.42 Å². The zero-order chi connectivity index (χ0) is 8.27. The molecule has 0 aromatic heterocycles. The fraction of sp³-hybridized carbons (Fsp3) is 0.300. The van der Waals surface area contributed by atoms with Crippen LogP contribution in [-0.4, -0.2) is 5.11 Å². The number of aryl methyl sites for hydroxylation is 1. The zero-order valence-electron chi connectivity index (χ0n) is 6.75. The van der Waals surface area contributed by atoms with Crippen LogP contribution >= 0.6 is 0 Å². The Balaban J connectivity index is 2.81. The molecule has 1 radical (unpaired) electrons. The van der Waals surface area contributed by atoms with Crippen LogP contribution in [0, 0.1) is 13.8 Å². The molecule has 11 heavy (non-hydrogen) atoms. The van der Waals surface area contributed by atoms with Gasteiger partial charge in [-0.2, -0.15) is 0 Å². The first-order valence-electron chi connectivity index (χ1n) is 3.78. The fourth-order valence-corrected chi connectivity index (χ4v) is 0.955. The molecule has 0 spiro atoms. The number of hydrogen-bond acceptors (Lipinski definition) is 1. The van der Waals surface area contributed by atoms with Crippen LogP contribution in [0.2, 0.25) is 0 Å². The van der Waals surface area contributed by atoms with E-state index in [9.17, 15) is 5.11 Å². The average Bonchev–Trinajstić information content (AvgIpc) is 2.05. The monoisotopic (exact) mass is 149 g/mol. The summed E-state index contributed by atoms with van der Waals surface area (Å²) in [6.45, 7) is 5.66. The van der Waals surface area contributed by atoms with Crippen molar-refractivity contribution in [3.05, 3.63) is 42.3 Å². The van der Waals surface area contributed by atoms with E-state index in [0.717, 1.165) is 5.56 Å². The Bertz CT molecular complexity index is 213. The second-order valence-electron chi connectivity index (χ2n) is 2.72. The average molecular weight is 149 g/mol. The van der Waals surface area contributed by atoms with Gasteiger partial charge in [0.25, 0.3) is 0 Å². The van der Waals surface area contributed by atoms with Crippen molar-refractivity contribution >= 4 is 0 Å². The molecule has 59 valence electrons. The first kappa shape index (κ1) is 8.28. The van der Waals surface area contributed by atoms with Gasteiger partial charge in [-0.25, -0.2) is 0 Å². The Kier molecular flexibility index (Phi) is 2.66. The van der Waals surface area contributed by atoms with Gasteiger partial charge in [0.05, 0.1) is 6.10 Å². The molecule has 0 fully saturated rings. The maximum absolute atomic E-state index is 9.36. The van der Waals surface area contributed by atoms with Gasteiger partial charge in [0.1, 0.15) is 0 Å². The number of rotatable bonds is 2. The van der Waals surface area contributed by atoms with E-state index in [1.165, 1.54) is 5.56 Å². The minimum atomic E-state index is -0.407. The molecule has 0 aliphatic heterocycles. The Morgan fingerprint density at radius 2 is 1.91 bits per heavy atom. The Hall–Kier alpha value is -0.820. The summed E-state index contributed by atoms with van der Waals surface area (Å²) in [5, 5.41) is 9.36. The summed E-state index contributed by atoms with van der Waals surface area (Å²) in [6, 6.07) is 7.86. The molecule has 1 aromatic rings. The van der Waals surface area contributed by atoms with E-state index in [2.05, 4.69) is 6.92 Å². The van der Waals surface area contributed by atoms with Crippen molar-refractivity contribution < 1.29 is 5.11 Å². The van der Waals surface area contributed by atoms with Crippen LogP contribution in [0.25, 0.3) is 0 Å². The van der Waals surface area contributed by atoms with Crippen LogP contribution in [0.3, 0.4) is 0 Å². The van der Waals surface area contributed by atoms with E-state index in [1.54, 1.807) is 0 Å². The third-order valence-corrected chi connectivity index (χ3v) is 1.74. The summed E-state index contributed by atoms with van der Waals surface area (Å²) in [5.41, 5.74) is 2.16. The van der Waals surface area contributed by atoms with Crippen molar-refractivity contribution in [1.82, 2.24) is 0 Å². The number of aliphatic hydroxyl groups is 1. The largest absolute Gasteiger partial charge is 0.388 e. The highest BCUT2D eigenvalue weighted by Crippen LogP contribution is 2.15. The smallest absolute Gasteiger partial charge is 0.0790 e. The molecule has 0 saturated carbocycles. The summed E-state index contributed by atoms with van der Waals surface area (Å²) in [7, 11) is 0. The number of benzene rings is 1. The molecule has 0 aliphatic carbocycles. The molecule has 1 rings (SSSR count). The van der Waals surface area contributed by atoms with Gasteiger partial charge in [-0.15, -0.1) is 0 Å². The second kappa shape index (κ2) is 3.54. The summed E-state index contributed by atoms with van der Waals surface area (Å²) < 4.78 is 0. The van der Waals surface area contributed by atoms with Gasteiger partial charge >= 0.3 is 0 Å². The van der Waals surface area contributed by atoms with Crippen molar-refractivity contribution in [2.75, 3.05) is 0 Å². The topological polar surface area (TPSA) is 20.2 Å². The maximum Gasteiger partial charge on any atom is 0.0790 e. The van der Waals surface area contributed by atoms with Crippen molar-refractivity contribution in [3.63, 3.8) is 0 Å². The molecule has 1 N–H and O–H groups in total. The molecule has 0 heterocycles. The third-order valence-electron chi connectivity index (χ3n) is 1.74. The molecule has 0 saturated heterocycles. The molecule has 1 atom stereocenters. The van der Waals surface area contributed by atoms with Gasteiger partial charge in [0, 0.05) is 0 Å². The summed E-state index contributed by atoms with van der Waals surface area (Å²) in [4.78, 5) is 0. The maximum atomic E-state index is 9.36. The predicted octanol–water partition coefficient (Wildman–Crippen LogP) is 2.25. The minimum absolute atomic E-state index is 0.407. The first-order valence-corrected chi connectivity index (χ1v) is 3.78. The van der Waals surface area contributed by atoms with Gasteiger partial charge in [0.15, 0.2) is 0 Å². The molecule has 0 aliphatic rings. The van der Waals surface area contributed by atoms with Crippen molar-refractivity contribution in [1.29, 1.82) is 0 Å². The van der Waals surface area contributed by atoms with Crippen LogP contribution in [0.4, 0.5) is 0 Å². The van der Waals surface area contributed by atoms with E-state index >= 15 is 0 Å². The van der Waals surface area contributed by atoms with Crippen molar-refractivity contribution in [3.8, 4) is 0 Å². The normalized spacial score (nSPS) is 13.0. The highest BCUT2D eigenvalue weighted by Gasteiger charge is 2.02. The molecule has 0 amide bonds. The second-order valence-corrected chi connectivity index (χ2v) is 2.72. The van der Waals surface area contributed by atoms with Gasteiger partial charge in [-0.1, -0.05) is 36.8 Å². The lowest BCUT2D eigenvalue weighted by Crippen LogP contribution is -1.94. The molecule has 0 bridgehead atoms. The van der Waals surface area contributed by atoms with E-state index in [1.807, 2.05) is 31.2 Å². The van der Waals surface area contributed by atoms with Gasteiger partial charge < -0.3 is 5.11 Å². The van der Waals surface area contributed by atoms with Crippen LogP contribution in [0.5, 0.6) is 0 Å². The molecular formula is C10H13O. The minimum Gasteiger partial charge on any atom is -0.388 e. The Labute approximate surface area is 67.7 Å². The number of aliphatic hydroxyl groups excluding tert-OH is 1. The fourth-order valence-electron chi connectivity index (χ4n) is 0.955. The molecule has 1 unspecified atom stereocenters. The van der Waals surface area contributed by atoms with Crippen molar-refractivity contribution in [2.45, 2.75) is 19.4 Å². The van der Waals surface area contributed by atoms with Gasteiger partial charge in [-0.3, -0.25) is 0 Å².